The Morgan fingerprint density at radius 2 is 2.06 bits per heavy atom. The Morgan fingerprint density at radius 1 is 1.35 bits per heavy atom. The van der Waals surface area contributed by atoms with Crippen LogP contribution in [-0.4, -0.2) is 9.55 Å². The van der Waals surface area contributed by atoms with E-state index < -0.39 is 0 Å². The van der Waals surface area contributed by atoms with Crippen molar-refractivity contribution >= 4 is 45.8 Å². The van der Waals surface area contributed by atoms with Crippen molar-refractivity contribution in [3.63, 3.8) is 0 Å². The van der Waals surface area contributed by atoms with E-state index in [0.29, 0.717) is 11.8 Å². The third kappa shape index (κ3) is 2.73. The highest BCUT2D eigenvalue weighted by molar-refractivity contribution is 14.1. The van der Waals surface area contributed by atoms with Gasteiger partial charge in [0.2, 0.25) is 0 Å². The fraction of sp³-hybridized carbons (Fsp3) is 0.462. The third-order valence-electron chi connectivity index (χ3n) is 3.34. The molecule has 0 saturated heterocycles. The Bertz CT molecular complexity index is 583. The quantitative estimate of drug-likeness (QED) is 0.627. The molecular weight excluding hydrogens is 343 g/mol. The Morgan fingerprint density at radius 3 is 2.71 bits per heavy atom. The van der Waals surface area contributed by atoms with Crippen molar-refractivity contribution in [2.75, 3.05) is 0 Å². The summed E-state index contributed by atoms with van der Waals surface area (Å²) in [5.41, 5.74) is 2.35. The number of rotatable bonds is 3. The number of hydrogen-bond acceptors (Lipinski definition) is 1. The standard InChI is InChI=1S/C13H17IN2S/c1-8(2)9(3)7-16-12-5-4-10(14)6-11(12)15-13(16)17/h4-6,8-9H,7H2,1-3H3,(H,15,17). The van der Waals surface area contributed by atoms with Gasteiger partial charge in [-0.1, -0.05) is 20.8 Å². The summed E-state index contributed by atoms with van der Waals surface area (Å²) >= 11 is 7.73. The van der Waals surface area contributed by atoms with Gasteiger partial charge in [0.05, 0.1) is 11.0 Å². The first kappa shape index (κ1) is 13.1. The molecule has 0 fully saturated rings. The maximum atomic E-state index is 5.41. The molecular formula is C13H17IN2S. The average molecular weight is 360 g/mol. The minimum Gasteiger partial charge on any atom is -0.331 e. The van der Waals surface area contributed by atoms with Crippen LogP contribution in [0.25, 0.3) is 11.0 Å². The summed E-state index contributed by atoms with van der Waals surface area (Å²) in [4.78, 5) is 3.29. The molecule has 0 aliphatic carbocycles. The Labute approximate surface area is 121 Å². The third-order valence-corrected chi connectivity index (χ3v) is 4.34. The van der Waals surface area contributed by atoms with E-state index in [4.69, 9.17) is 12.2 Å². The summed E-state index contributed by atoms with van der Waals surface area (Å²) in [6.07, 6.45) is 0. The normalized spacial score (nSPS) is 13.5. The minimum atomic E-state index is 0.625. The highest BCUT2D eigenvalue weighted by Crippen LogP contribution is 2.20. The fourth-order valence-electron chi connectivity index (χ4n) is 1.82. The monoisotopic (exact) mass is 360 g/mol. The molecule has 0 amide bonds. The predicted molar refractivity (Wildman–Crippen MR) is 83.8 cm³/mol. The number of aromatic amines is 1. The van der Waals surface area contributed by atoms with Crippen LogP contribution in [0.5, 0.6) is 0 Å². The van der Waals surface area contributed by atoms with E-state index in [9.17, 15) is 0 Å². The molecule has 2 rings (SSSR count). The van der Waals surface area contributed by atoms with Gasteiger partial charge in [0, 0.05) is 10.1 Å². The molecule has 1 aromatic heterocycles. The zero-order valence-corrected chi connectivity index (χ0v) is 13.3. The van der Waals surface area contributed by atoms with Crippen molar-refractivity contribution in [2.45, 2.75) is 27.3 Å². The van der Waals surface area contributed by atoms with Crippen LogP contribution in [-0.2, 0) is 6.54 Å². The number of benzene rings is 1. The predicted octanol–water partition coefficient (Wildman–Crippen LogP) is 4.60. The van der Waals surface area contributed by atoms with Crippen molar-refractivity contribution in [2.24, 2.45) is 11.8 Å². The molecule has 92 valence electrons. The molecule has 0 spiro atoms. The zero-order valence-electron chi connectivity index (χ0n) is 10.3. The van der Waals surface area contributed by atoms with Gasteiger partial charge >= 0.3 is 0 Å². The van der Waals surface area contributed by atoms with Gasteiger partial charge in [-0.15, -0.1) is 0 Å². The first-order valence-electron chi connectivity index (χ1n) is 5.87. The van der Waals surface area contributed by atoms with Crippen LogP contribution < -0.4 is 0 Å². The summed E-state index contributed by atoms with van der Waals surface area (Å²) in [6.45, 7) is 7.77. The second kappa shape index (κ2) is 5.10. The molecule has 0 aliphatic rings. The summed E-state index contributed by atoms with van der Waals surface area (Å²) in [7, 11) is 0. The minimum absolute atomic E-state index is 0.625. The Balaban J connectivity index is 2.47. The van der Waals surface area contributed by atoms with Crippen LogP contribution >= 0.6 is 34.8 Å². The SMILES string of the molecule is CC(C)C(C)Cn1c(=S)[nH]c2cc(I)ccc21. The molecule has 2 aromatic rings. The van der Waals surface area contributed by atoms with Gasteiger partial charge in [0.15, 0.2) is 4.77 Å². The Kier molecular flexibility index (Phi) is 3.92. The van der Waals surface area contributed by atoms with Crippen molar-refractivity contribution < 1.29 is 0 Å². The maximum Gasteiger partial charge on any atom is 0.178 e. The summed E-state index contributed by atoms with van der Waals surface area (Å²) in [5.74, 6) is 1.30. The summed E-state index contributed by atoms with van der Waals surface area (Å²) in [5, 5.41) is 0. The number of nitrogens with zero attached hydrogens (tertiary/aromatic N) is 1. The number of fused-ring (bicyclic) bond motifs is 1. The highest BCUT2D eigenvalue weighted by atomic mass is 127. The van der Waals surface area contributed by atoms with E-state index in [1.54, 1.807) is 0 Å². The van der Waals surface area contributed by atoms with Gasteiger partial charge in [0.25, 0.3) is 0 Å². The van der Waals surface area contributed by atoms with Gasteiger partial charge in [-0.05, 0) is 64.8 Å². The van der Waals surface area contributed by atoms with Crippen molar-refractivity contribution in [3.05, 3.63) is 26.5 Å². The smallest absolute Gasteiger partial charge is 0.178 e. The van der Waals surface area contributed by atoms with E-state index >= 15 is 0 Å². The molecule has 1 heterocycles. The molecule has 2 nitrogen and oxygen atoms in total. The number of H-pyrrole nitrogens is 1. The van der Waals surface area contributed by atoms with Gasteiger partial charge in [-0.25, -0.2) is 0 Å². The average Bonchev–Trinajstić information content (AvgIpc) is 2.54. The van der Waals surface area contributed by atoms with Gasteiger partial charge in [-0.3, -0.25) is 0 Å². The number of hydrogen-bond donors (Lipinski definition) is 1. The number of imidazole rings is 1. The van der Waals surface area contributed by atoms with Crippen LogP contribution in [0.1, 0.15) is 20.8 Å². The summed E-state index contributed by atoms with van der Waals surface area (Å²) in [6, 6.07) is 6.42. The van der Waals surface area contributed by atoms with Crippen LogP contribution in [0.15, 0.2) is 18.2 Å². The maximum absolute atomic E-state index is 5.41. The van der Waals surface area contributed by atoms with Crippen LogP contribution in [0.2, 0.25) is 0 Å². The van der Waals surface area contributed by atoms with Gasteiger partial charge in [0.1, 0.15) is 0 Å². The molecule has 0 saturated carbocycles. The van der Waals surface area contributed by atoms with Crippen molar-refractivity contribution in [1.29, 1.82) is 0 Å². The summed E-state index contributed by atoms with van der Waals surface area (Å²) < 4.78 is 4.27. The lowest BCUT2D eigenvalue weighted by molar-refractivity contribution is 0.367. The molecule has 0 bridgehead atoms. The molecule has 1 aromatic carbocycles. The lowest BCUT2D eigenvalue weighted by atomic mass is 9.98. The second-order valence-corrected chi connectivity index (χ2v) is 6.56. The molecule has 0 radical (unpaired) electrons. The van der Waals surface area contributed by atoms with Crippen molar-refractivity contribution in [1.82, 2.24) is 9.55 Å². The molecule has 1 N–H and O–H groups in total. The second-order valence-electron chi connectivity index (χ2n) is 4.92. The van der Waals surface area contributed by atoms with Crippen molar-refractivity contribution in [3.8, 4) is 0 Å². The Hall–Kier alpha value is -0.360. The molecule has 1 unspecified atom stereocenters. The lowest BCUT2D eigenvalue weighted by Crippen LogP contribution is -2.13. The van der Waals surface area contributed by atoms with E-state index in [2.05, 4.69) is 71.1 Å². The zero-order chi connectivity index (χ0) is 12.6. The largest absolute Gasteiger partial charge is 0.331 e. The molecule has 17 heavy (non-hydrogen) atoms. The van der Waals surface area contributed by atoms with E-state index in [0.717, 1.165) is 16.8 Å². The fourth-order valence-corrected chi connectivity index (χ4v) is 2.59. The topological polar surface area (TPSA) is 20.7 Å². The molecule has 0 aliphatic heterocycles. The lowest BCUT2D eigenvalue weighted by Gasteiger charge is -2.16. The van der Waals surface area contributed by atoms with Crippen LogP contribution in [0, 0.1) is 20.2 Å². The first-order valence-corrected chi connectivity index (χ1v) is 7.36. The van der Waals surface area contributed by atoms with E-state index in [1.807, 2.05) is 0 Å². The van der Waals surface area contributed by atoms with Crippen LogP contribution in [0.3, 0.4) is 0 Å². The highest BCUT2D eigenvalue weighted by Gasteiger charge is 2.11. The first-order chi connectivity index (χ1) is 7.99. The van der Waals surface area contributed by atoms with Crippen LogP contribution in [0.4, 0.5) is 0 Å². The van der Waals surface area contributed by atoms with E-state index in [-0.39, 0.29) is 0 Å². The van der Waals surface area contributed by atoms with E-state index in [1.165, 1.54) is 9.09 Å². The number of aromatic nitrogens is 2. The van der Waals surface area contributed by atoms with Gasteiger partial charge in [-0.2, -0.15) is 0 Å². The molecule has 4 heteroatoms. The number of halogens is 1. The van der Waals surface area contributed by atoms with Gasteiger partial charge < -0.3 is 9.55 Å². The molecule has 1 atom stereocenters. The number of nitrogens with one attached hydrogen (secondary N) is 1.